The van der Waals surface area contributed by atoms with Gasteiger partial charge in [-0.15, -0.1) is 0 Å². The second-order valence-corrected chi connectivity index (χ2v) is 9.14. The summed E-state index contributed by atoms with van der Waals surface area (Å²) in [4.78, 5) is 20.1. The first-order chi connectivity index (χ1) is 18.7. The van der Waals surface area contributed by atoms with Crippen molar-refractivity contribution in [2.75, 3.05) is 10.6 Å². The van der Waals surface area contributed by atoms with E-state index in [0.29, 0.717) is 22.6 Å². The van der Waals surface area contributed by atoms with Gasteiger partial charge in [-0.25, -0.2) is 4.98 Å². The Hall–Kier alpha value is -5.12. The first kappa shape index (κ1) is 24.2. The number of hydrogen-bond acceptors (Lipinski definition) is 4. The van der Waals surface area contributed by atoms with Crippen molar-refractivity contribution in [3.63, 3.8) is 0 Å². The molecule has 194 valence electrons. The summed E-state index contributed by atoms with van der Waals surface area (Å²) < 4.78 is 39.4. The number of aryl methyl sites for hydroxylation is 1. The largest absolute Gasteiger partial charge is 0.416 e. The topological polar surface area (TPSA) is 98.5 Å². The van der Waals surface area contributed by atoms with Crippen molar-refractivity contribution >= 4 is 34.6 Å². The number of hydrogen-bond donors (Lipinski definition) is 4. The van der Waals surface area contributed by atoms with Gasteiger partial charge in [0.15, 0.2) is 11.6 Å². The molecule has 5 aromatic rings. The van der Waals surface area contributed by atoms with E-state index in [4.69, 9.17) is 0 Å². The van der Waals surface area contributed by atoms with E-state index in [0.717, 1.165) is 40.3 Å². The number of H-pyrrole nitrogens is 2. The van der Waals surface area contributed by atoms with E-state index in [-0.39, 0.29) is 17.3 Å². The van der Waals surface area contributed by atoms with Gasteiger partial charge < -0.3 is 15.6 Å². The van der Waals surface area contributed by atoms with Gasteiger partial charge in [-0.2, -0.15) is 18.3 Å². The third kappa shape index (κ3) is 4.79. The van der Waals surface area contributed by atoms with Crippen molar-refractivity contribution in [3.8, 4) is 22.8 Å². The number of nitrogens with one attached hydrogen (secondary N) is 4. The summed E-state index contributed by atoms with van der Waals surface area (Å²) in [5.41, 5.74) is 5.70. The molecule has 10 heteroatoms. The Morgan fingerprint density at radius 2 is 1.82 bits per heavy atom. The van der Waals surface area contributed by atoms with Crippen LogP contribution in [0.5, 0.6) is 0 Å². The van der Waals surface area contributed by atoms with Gasteiger partial charge in [-0.1, -0.05) is 30.3 Å². The maximum absolute atomic E-state index is 13.1. The molecule has 39 heavy (non-hydrogen) atoms. The molecular weight excluding hydrogens is 505 g/mol. The predicted molar refractivity (Wildman–Crippen MR) is 144 cm³/mol. The molecule has 0 saturated heterocycles. The number of halogens is 3. The molecule has 3 heterocycles. The van der Waals surface area contributed by atoms with E-state index >= 15 is 0 Å². The first-order valence-electron chi connectivity index (χ1n) is 12.0. The Bertz CT molecular complexity index is 1730. The van der Waals surface area contributed by atoms with Crippen LogP contribution in [0.25, 0.3) is 34.4 Å². The van der Waals surface area contributed by atoms with Crippen LogP contribution in [-0.2, 0) is 11.0 Å². The number of fused-ring (bicyclic) bond motifs is 1. The lowest BCUT2D eigenvalue weighted by Gasteiger charge is -2.12. The van der Waals surface area contributed by atoms with Gasteiger partial charge >= 0.3 is 6.18 Å². The SMILES string of the molecule is Cc1ccc(-c2nc(-c3cccc(C(F)(F)F)c3)n[nH]2)cc1Nc1ccc2c(c1)NC(=O)C2=Cc1ccc[nH]1. The lowest BCUT2D eigenvalue weighted by Crippen LogP contribution is -2.04. The third-order valence-corrected chi connectivity index (χ3v) is 6.45. The number of carbonyl (C=O) groups is 1. The highest BCUT2D eigenvalue weighted by molar-refractivity contribution is 6.35. The second-order valence-electron chi connectivity index (χ2n) is 9.14. The quantitative estimate of drug-likeness (QED) is 0.185. The Balaban J connectivity index is 1.26. The molecule has 0 bridgehead atoms. The van der Waals surface area contributed by atoms with Crippen molar-refractivity contribution < 1.29 is 18.0 Å². The summed E-state index contributed by atoms with van der Waals surface area (Å²) in [5, 5.41) is 13.3. The van der Waals surface area contributed by atoms with Crippen molar-refractivity contribution in [2.24, 2.45) is 0 Å². The van der Waals surface area contributed by atoms with E-state index in [1.54, 1.807) is 6.20 Å². The van der Waals surface area contributed by atoms with Crippen LogP contribution in [0.3, 0.4) is 0 Å². The summed E-state index contributed by atoms with van der Waals surface area (Å²) in [6.07, 6.45) is -0.839. The molecule has 0 atom stereocenters. The zero-order valence-electron chi connectivity index (χ0n) is 20.5. The van der Waals surface area contributed by atoms with Crippen LogP contribution in [-0.4, -0.2) is 26.1 Å². The van der Waals surface area contributed by atoms with Crippen LogP contribution < -0.4 is 10.6 Å². The summed E-state index contributed by atoms with van der Waals surface area (Å²) in [6.45, 7) is 1.95. The highest BCUT2D eigenvalue weighted by Gasteiger charge is 2.30. The van der Waals surface area contributed by atoms with Crippen LogP contribution in [0, 0.1) is 6.92 Å². The summed E-state index contributed by atoms with van der Waals surface area (Å²) in [7, 11) is 0. The second kappa shape index (κ2) is 9.32. The standard InChI is InChI=1S/C29H21F3N6O/c1-16-7-8-18(27-36-26(37-38-27)17-4-2-5-19(12-17)29(30,31)32)13-24(16)34-21-9-10-22-23(14-20-6-3-11-33-20)28(39)35-25(22)15-21/h2-15,33-34H,1H3,(H,35,39)(H,36,37,38). The fourth-order valence-electron chi connectivity index (χ4n) is 4.42. The molecule has 3 aromatic carbocycles. The molecular formula is C29H21F3N6O. The molecule has 1 aliphatic heterocycles. The smallest absolute Gasteiger partial charge is 0.362 e. The van der Waals surface area contributed by atoms with Crippen LogP contribution >= 0.6 is 0 Å². The fourth-order valence-corrected chi connectivity index (χ4v) is 4.42. The summed E-state index contributed by atoms with van der Waals surface area (Å²) in [5.74, 6) is 0.423. The summed E-state index contributed by atoms with van der Waals surface area (Å²) >= 11 is 0. The van der Waals surface area contributed by atoms with E-state index in [9.17, 15) is 18.0 Å². The average Bonchev–Trinajstić information content (AvgIpc) is 3.67. The van der Waals surface area contributed by atoms with Crippen molar-refractivity contribution in [1.82, 2.24) is 20.2 Å². The highest BCUT2D eigenvalue weighted by Crippen LogP contribution is 2.37. The Morgan fingerprint density at radius 1 is 0.949 bits per heavy atom. The predicted octanol–water partition coefficient (Wildman–Crippen LogP) is 7.03. The number of aromatic nitrogens is 4. The lowest BCUT2D eigenvalue weighted by molar-refractivity contribution is -0.137. The monoisotopic (exact) mass is 526 g/mol. The molecule has 2 aromatic heterocycles. The van der Waals surface area contributed by atoms with E-state index in [1.807, 2.05) is 61.5 Å². The molecule has 0 unspecified atom stereocenters. The summed E-state index contributed by atoms with van der Waals surface area (Å²) in [6, 6.07) is 20.0. The van der Waals surface area contributed by atoms with Gasteiger partial charge in [0.1, 0.15) is 0 Å². The molecule has 0 fully saturated rings. The minimum atomic E-state index is -4.45. The average molecular weight is 527 g/mol. The van der Waals surface area contributed by atoms with Gasteiger partial charge in [0.2, 0.25) is 0 Å². The maximum Gasteiger partial charge on any atom is 0.416 e. The normalized spacial score (nSPS) is 13.9. The zero-order chi connectivity index (χ0) is 27.1. The van der Waals surface area contributed by atoms with Crippen LogP contribution in [0.15, 0.2) is 79.0 Å². The zero-order valence-corrected chi connectivity index (χ0v) is 20.5. The molecule has 0 saturated carbocycles. The molecule has 6 rings (SSSR count). The molecule has 1 aliphatic rings. The number of benzene rings is 3. The Morgan fingerprint density at radius 3 is 2.62 bits per heavy atom. The third-order valence-electron chi connectivity index (χ3n) is 6.45. The van der Waals surface area contributed by atoms with Gasteiger partial charge in [0, 0.05) is 40.0 Å². The van der Waals surface area contributed by atoms with Gasteiger partial charge in [0.25, 0.3) is 5.91 Å². The number of carbonyl (C=O) groups excluding carboxylic acids is 1. The van der Waals surface area contributed by atoms with Gasteiger partial charge in [0.05, 0.1) is 16.8 Å². The first-order valence-corrected chi connectivity index (χ1v) is 12.0. The maximum atomic E-state index is 13.1. The van der Waals surface area contributed by atoms with Crippen LogP contribution in [0.1, 0.15) is 22.4 Å². The molecule has 1 amide bonds. The Kier molecular flexibility index (Phi) is 5.79. The van der Waals surface area contributed by atoms with Crippen LogP contribution in [0.2, 0.25) is 0 Å². The molecule has 0 aliphatic carbocycles. The van der Waals surface area contributed by atoms with E-state index in [2.05, 4.69) is 30.8 Å². The highest BCUT2D eigenvalue weighted by atomic mass is 19.4. The van der Waals surface area contributed by atoms with E-state index in [1.165, 1.54) is 12.1 Å². The Labute approximate surface area is 220 Å². The number of alkyl halides is 3. The number of aromatic amines is 2. The van der Waals surface area contributed by atoms with Crippen LogP contribution in [0.4, 0.5) is 30.2 Å². The van der Waals surface area contributed by atoms with E-state index < -0.39 is 11.7 Å². The van der Waals surface area contributed by atoms with Gasteiger partial charge in [-0.05, 0) is 61.0 Å². The molecule has 0 radical (unpaired) electrons. The molecule has 4 N–H and O–H groups in total. The number of amides is 1. The lowest BCUT2D eigenvalue weighted by atomic mass is 10.0. The minimum absolute atomic E-state index is 0.170. The number of anilines is 3. The van der Waals surface area contributed by atoms with Gasteiger partial charge in [-0.3, -0.25) is 9.89 Å². The van der Waals surface area contributed by atoms with Crippen molar-refractivity contribution in [2.45, 2.75) is 13.1 Å². The van der Waals surface area contributed by atoms with Crippen molar-refractivity contribution in [3.05, 3.63) is 101 Å². The fraction of sp³-hybridized carbons (Fsp3) is 0.0690. The van der Waals surface area contributed by atoms with Crippen molar-refractivity contribution in [1.29, 1.82) is 0 Å². The minimum Gasteiger partial charge on any atom is -0.362 e. The molecule has 7 nitrogen and oxygen atoms in total. The number of rotatable bonds is 5. The molecule has 0 spiro atoms. The number of nitrogens with zero attached hydrogens (tertiary/aromatic N) is 2.